The number of nitro benzene ring substituents is 1. The number of benzene rings is 1. The van der Waals surface area contributed by atoms with Crippen LogP contribution in [-0.4, -0.2) is 43.3 Å². The fourth-order valence-electron chi connectivity index (χ4n) is 2.72. The Balaban J connectivity index is 1.74. The lowest BCUT2D eigenvalue weighted by atomic mass is 10.1. The van der Waals surface area contributed by atoms with E-state index in [2.05, 4.69) is 20.5 Å². The van der Waals surface area contributed by atoms with Crippen LogP contribution in [0.4, 0.5) is 11.4 Å². The average molecular weight is 402 g/mol. The first-order valence-electron chi connectivity index (χ1n) is 8.25. The molecule has 2 heterocycles. The number of ether oxygens (including phenoxy) is 1. The van der Waals surface area contributed by atoms with Crippen molar-refractivity contribution in [3.8, 4) is 5.75 Å². The van der Waals surface area contributed by atoms with E-state index in [1.165, 1.54) is 31.0 Å². The lowest BCUT2D eigenvalue weighted by Crippen LogP contribution is -2.15. The third-order valence-electron chi connectivity index (χ3n) is 3.99. The highest BCUT2D eigenvalue weighted by Gasteiger charge is 2.19. The number of fused-ring (bicyclic) bond motifs is 1. The summed E-state index contributed by atoms with van der Waals surface area (Å²) in [5, 5.41) is 22.5. The Morgan fingerprint density at radius 2 is 2.04 bits per heavy atom. The highest BCUT2D eigenvalue weighted by atomic mass is 32.2. The van der Waals surface area contributed by atoms with Crippen LogP contribution >= 0.6 is 11.8 Å². The van der Waals surface area contributed by atoms with E-state index in [4.69, 9.17) is 4.74 Å². The smallest absolute Gasteiger partial charge is 0.311 e. The number of amides is 1. The normalized spacial score (nSPS) is 10.9. The molecular formula is C17H18N6O4S. The number of methoxy groups -OCH3 is 1. The largest absolute Gasteiger partial charge is 0.490 e. The molecule has 28 heavy (non-hydrogen) atoms. The van der Waals surface area contributed by atoms with Gasteiger partial charge in [-0.05, 0) is 32.4 Å². The topological polar surface area (TPSA) is 125 Å². The molecule has 0 fully saturated rings. The van der Waals surface area contributed by atoms with Gasteiger partial charge in [0.15, 0.2) is 10.9 Å². The highest BCUT2D eigenvalue weighted by Crippen LogP contribution is 2.33. The van der Waals surface area contributed by atoms with Crippen LogP contribution < -0.4 is 10.1 Å². The molecule has 11 heteroatoms. The molecule has 1 N–H and O–H groups in total. The van der Waals surface area contributed by atoms with Crippen molar-refractivity contribution in [1.82, 2.24) is 19.6 Å². The molecule has 0 bridgehead atoms. The van der Waals surface area contributed by atoms with Crippen LogP contribution in [0.3, 0.4) is 0 Å². The van der Waals surface area contributed by atoms with Crippen LogP contribution in [0, 0.1) is 30.9 Å². The standard InChI is InChI=1S/C17H18N6O4S/c1-9-5-13(23(25)26)14(27-4)7-12(9)19-15(24)8-28-17-21-20-16-18-10(2)6-11(3)22(16)17/h5-7H,8H2,1-4H3,(H,19,24). The minimum absolute atomic E-state index is 0.0825. The number of nitrogens with one attached hydrogen (secondary N) is 1. The third kappa shape index (κ3) is 3.88. The van der Waals surface area contributed by atoms with Gasteiger partial charge in [-0.15, -0.1) is 10.2 Å². The molecular weight excluding hydrogens is 384 g/mol. The van der Waals surface area contributed by atoms with Gasteiger partial charge in [-0.1, -0.05) is 11.8 Å². The number of nitrogens with zero attached hydrogens (tertiary/aromatic N) is 5. The second-order valence-electron chi connectivity index (χ2n) is 6.09. The number of nitro groups is 1. The molecule has 3 aromatic rings. The summed E-state index contributed by atoms with van der Waals surface area (Å²) < 4.78 is 6.83. The van der Waals surface area contributed by atoms with Gasteiger partial charge in [0.2, 0.25) is 5.91 Å². The number of anilines is 1. The van der Waals surface area contributed by atoms with E-state index in [-0.39, 0.29) is 23.1 Å². The first kappa shape index (κ1) is 19.5. The van der Waals surface area contributed by atoms with Crippen LogP contribution in [0.1, 0.15) is 17.0 Å². The molecule has 0 aliphatic rings. The van der Waals surface area contributed by atoms with Crippen molar-refractivity contribution < 1.29 is 14.5 Å². The molecule has 0 aliphatic heterocycles. The van der Waals surface area contributed by atoms with Gasteiger partial charge in [0.1, 0.15) is 0 Å². The molecule has 0 unspecified atom stereocenters. The molecule has 10 nitrogen and oxygen atoms in total. The first-order valence-corrected chi connectivity index (χ1v) is 9.23. The Bertz CT molecular complexity index is 1080. The Kier molecular flexibility index (Phi) is 5.45. The van der Waals surface area contributed by atoms with Crippen molar-refractivity contribution in [2.75, 3.05) is 18.2 Å². The molecule has 0 aliphatic carbocycles. The minimum Gasteiger partial charge on any atom is -0.490 e. The van der Waals surface area contributed by atoms with Gasteiger partial charge < -0.3 is 10.1 Å². The molecule has 0 saturated heterocycles. The third-order valence-corrected chi connectivity index (χ3v) is 4.92. The fraction of sp³-hybridized carbons (Fsp3) is 0.294. The van der Waals surface area contributed by atoms with Crippen molar-refractivity contribution in [3.05, 3.63) is 45.3 Å². The fourth-order valence-corrected chi connectivity index (χ4v) is 3.51. The van der Waals surface area contributed by atoms with E-state index in [0.717, 1.165) is 11.4 Å². The number of carbonyl (C=O) groups excluding carboxylic acids is 1. The average Bonchev–Trinajstić information content (AvgIpc) is 3.04. The number of rotatable bonds is 6. The van der Waals surface area contributed by atoms with Gasteiger partial charge in [-0.25, -0.2) is 4.98 Å². The van der Waals surface area contributed by atoms with E-state index >= 15 is 0 Å². The summed E-state index contributed by atoms with van der Waals surface area (Å²) in [6, 6.07) is 4.72. The lowest BCUT2D eigenvalue weighted by molar-refractivity contribution is -0.385. The summed E-state index contributed by atoms with van der Waals surface area (Å²) >= 11 is 1.23. The number of carbonyl (C=O) groups is 1. The molecule has 0 saturated carbocycles. The maximum atomic E-state index is 12.4. The van der Waals surface area contributed by atoms with Crippen LogP contribution in [0.15, 0.2) is 23.4 Å². The molecule has 0 radical (unpaired) electrons. The number of aryl methyl sites for hydroxylation is 3. The van der Waals surface area contributed by atoms with E-state index in [1.54, 1.807) is 11.3 Å². The van der Waals surface area contributed by atoms with Gasteiger partial charge in [0, 0.05) is 29.2 Å². The van der Waals surface area contributed by atoms with Crippen molar-refractivity contribution >= 4 is 34.8 Å². The van der Waals surface area contributed by atoms with E-state index < -0.39 is 4.92 Å². The summed E-state index contributed by atoms with van der Waals surface area (Å²) in [6.07, 6.45) is 0. The van der Waals surface area contributed by atoms with E-state index in [0.29, 0.717) is 22.2 Å². The molecule has 3 rings (SSSR count). The second-order valence-corrected chi connectivity index (χ2v) is 7.03. The summed E-state index contributed by atoms with van der Waals surface area (Å²) in [4.78, 5) is 27.2. The molecule has 1 amide bonds. The Labute approximate surface area is 164 Å². The van der Waals surface area contributed by atoms with Gasteiger partial charge in [-0.2, -0.15) is 0 Å². The molecule has 0 spiro atoms. The molecule has 2 aromatic heterocycles. The van der Waals surface area contributed by atoms with Crippen LogP contribution in [0.5, 0.6) is 5.75 Å². The van der Waals surface area contributed by atoms with Gasteiger partial charge in [-0.3, -0.25) is 19.3 Å². The molecule has 0 atom stereocenters. The zero-order chi connectivity index (χ0) is 20.4. The Morgan fingerprint density at radius 1 is 1.29 bits per heavy atom. The van der Waals surface area contributed by atoms with Gasteiger partial charge in [0.25, 0.3) is 5.78 Å². The number of hydrogen-bond donors (Lipinski definition) is 1. The maximum Gasteiger partial charge on any atom is 0.311 e. The summed E-state index contributed by atoms with van der Waals surface area (Å²) in [6.45, 7) is 5.48. The minimum atomic E-state index is -0.526. The molecule has 1 aromatic carbocycles. The van der Waals surface area contributed by atoms with Crippen LogP contribution in [0.2, 0.25) is 0 Å². The number of thioether (sulfide) groups is 1. The van der Waals surface area contributed by atoms with Crippen LogP contribution in [0.25, 0.3) is 5.78 Å². The predicted octanol–water partition coefficient (Wildman–Crippen LogP) is 2.70. The van der Waals surface area contributed by atoms with Gasteiger partial charge >= 0.3 is 5.69 Å². The highest BCUT2D eigenvalue weighted by molar-refractivity contribution is 7.99. The van der Waals surface area contributed by atoms with Crippen molar-refractivity contribution in [3.63, 3.8) is 0 Å². The Morgan fingerprint density at radius 3 is 2.71 bits per heavy atom. The Hall–Kier alpha value is -3.21. The first-order chi connectivity index (χ1) is 13.3. The summed E-state index contributed by atoms with van der Waals surface area (Å²) in [5.41, 5.74) is 2.63. The SMILES string of the molecule is COc1cc(NC(=O)CSc2nnc3nc(C)cc(C)n23)c(C)cc1[N+](=O)[O-]. The number of aromatic nitrogens is 4. The zero-order valence-electron chi connectivity index (χ0n) is 15.7. The van der Waals surface area contributed by atoms with E-state index in [1.807, 2.05) is 19.9 Å². The predicted molar refractivity (Wildman–Crippen MR) is 104 cm³/mol. The second kappa shape index (κ2) is 7.80. The summed E-state index contributed by atoms with van der Waals surface area (Å²) in [7, 11) is 1.34. The lowest BCUT2D eigenvalue weighted by Gasteiger charge is -2.10. The monoisotopic (exact) mass is 402 g/mol. The van der Waals surface area contributed by atoms with E-state index in [9.17, 15) is 14.9 Å². The van der Waals surface area contributed by atoms with Crippen molar-refractivity contribution in [2.24, 2.45) is 0 Å². The van der Waals surface area contributed by atoms with Crippen LogP contribution in [-0.2, 0) is 4.79 Å². The number of hydrogen-bond acceptors (Lipinski definition) is 8. The van der Waals surface area contributed by atoms with Crippen molar-refractivity contribution in [2.45, 2.75) is 25.9 Å². The quantitative estimate of drug-likeness (QED) is 0.379. The molecule has 146 valence electrons. The zero-order valence-corrected chi connectivity index (χ0v) is 16.5. The van der Waals surface area contributed by atoms with Crippen molar-refractivity contribution in [1.29, 1.82) is 0 Å². The maximum absolute atomic E-state index is 12.4. The van der Waals surface area contributed by atoms with Gasteiger partial charge in [0.05, 0.1) is 17.8 Å². The summed E-state index contributed by atoms with van der Waals surface area (Å²) in [5.74, 6) is 0.376.